The molecule has 2 aromatic carbocycles. The fraction of sp³-hybridized carbons (Fsp3) is 0.227. The highest BCUT2D eigenvalue weighted by molar-refractivity contribution is 6.02. The van der Waals surface area contributed by atoms with Crippen molar-refractivity contribution in [2.75, 3.05) is 32.0 Å². The monoisotopic (exact) mass is 422 g/mol. The quantitative estimate of drug-likeness (QED) is 0.633. The van der Waals surface area contributed by atoms with Crippen molar-refractivity contribution in [3.05, 3.63) is 48.5 Å². The topological polar surface area (TPSA) is 104 Å². The molecule has 0 fully saturated rings. The third kappa shape index (κ3) is 4.02. The summed E-state index contributed by atoms with van der Waals surface area (Å²) in [7, 11) is 4.65. The van der Waals surface area contributed by atoms with Crippen molar-refractivity contribution in [1.29, 1.82) is 0 Å². The number of fused-ring (bicyclic) bond motifs is 1. The molecule has 9 heteroatoms. The highest BCUT2D eigenvalue weighted by Gasteiger charge is 2.32. The lowest BCUT2D eigenvalue weighted by Crippen LogP contribution is -2.35. The second kappa shape index (κ2) is 8.39. The van der Waals surface area contributed by atoms with Gasteiger partial charge in [0.25, 0.3) is 0 Å². The Labute approximate surface area is 178 Å². The predicted octanol–water partition coefficient (Wildman–Crippen LogP) is 3.10. The molecule has 2 heterocycles. The molecule has 1 aliphatic rings. The minimum Gasteiger partial charge on any atom is -0.497 e. The van der Waals surface area contributed by atoms with Crippen molar-refractivity contribution in [2.24, 2.45) is 0 Å². The number of anilines is 2. The third-order valence-corrected chi connectivity index (χ3v) is 5.03. The van der Waals surface area contributed by atoms with E-state index in [2.05, 4.69) is 15.7 Å². The van der Waals surface area contributed by atoms with Crippen LogP contribution in [0.2, 0.25) is 0 Å². The maximum Gasteiger partial charge on any atom is 0.249 e. The molecule has 9 nitrogen and oxygen atoms in total. The summed E-state index contributed by atoms with van der Waals surface area (Å²) in [6.45, 7) is 0. The zero-order valence-electron chi connectivity index (χ0n) is 17.3. The van der Waals surface area contributed by atoms with E-state index < -0.39 is 6.04 Å². The van der Waals surface area contributed by atoms with E-state index in [-0.39, 0.29) is 18.2 Å². The van der Waals surface area contributed by atoms with E-state index in [1.807, 2.05) is 24.3 Å². The fourth-order valence-electron chi connectivity index (χ4n) is 3.41. The predicted molar refractivity (Wildman–Crippen MR) is 115 cm³/mol. The number of hydrogen-bond acceptors (Lipinski definition) is 6. The first-order valence-electron chi connectivity index (χ1n) is 9.59. The van der Waals surface area contributed by atoms with Crippen LogP contribution in [-0.2, 0) is 9.59 Å². The molecule has 1 atom stereocenters. The standard InChI is InChI=1S/C22H22N4O5/c1-29-14-6-4-13(5-7-14)17-11-20-24-21(27)12-18(26(20)25-17)22(28)23-16-9-8-15(30-2)10-19(16)31-3/h4-11,18H,12H2,1-3H3,(H,23,28)(H,24,27)/t18-/m0/s1. The van der Waals surface area contributed by atoms with Crippen LogP contribution < -0.4 is 24.8 Å². The largest absolute Gasteiger partial charge is 0.497 e. The summed E-state index contributed by atoms with van der Waals surface area (Å²) in [6.07, 6.45) is -0.0267. The van der Waals surface area contributed by atoms with Gasteiger partial charge in [0.1, 0.15) is 29.1 Å². The number of carbonyl (C=O) groups is 2. The molecule has 1 aliphatic heterocycles. The van der Waals surface area contributed by atoms with Gasteiger partial charge >= 0.3 is 0 Å². The minimum atomic E-state index is -0.803. The van der Waals surface area contributed by atoms with Gasteiger partial charge in [0.05, 0.1) is 39.1 Å². The summed E-state index contributed by atoms with van der Waals surface area (Å²) in [5.41, 5.74) is 1.95. The number of hydrogen-bond donors (Lipinski definition) is 2. The van der Waals surface area contributed by atoms with Gasteiger partial charge < -0.3 is 24.8 Å². The number of ether oxygens (including phenoxy) is 3. The number of amides is 2. The van der Waals surface area contributed by atoms with E-state index >= 15 is 0 Å². The molecule has 0 unspecified atom stereocenters. The van der Waals surface area contributed by atoms with Crippen LogP contribution in [0.1, 0.15) is 12.5 Å². The van der Waals surface area contributed by atoms with Crippen LogP contribution in [0.25, 0.3) is 11.3 Å². The smallest absolute Gasteiger partial charge is 0.249 e. The first kappa shape index (κ1) is 20.3. The molecule has 0 aliphatic carbocycles. The van der Waals surface area contributed by atoms with Crippen LogP contribution in [0.3, 0.4) is 0 Å². The van der Waals surface area contributed by atoms with Gasteiger partial charge in [0.2, 0.25) is 11.8 Å². The van der Waals surface area contributed by atoms with Crippen molar-refractivity contribution in [3.63, 3.8) is 0 Å². The molecule has 2 amide bonds. The number of benzene rings is 2. The van der Waals surface area contributed by atoms with E-state index in [1.165, 1.54) is 11.8 Å². The van der Waals surface area contributed by atoms with Gasteiger partial charge in [-0.3, -0.25) is 9.59 Å². The average Bonchev–Trinajstić information content (AvgIpc) is 3.22. The van der Waals surface area contributed by atoms with Gasteiger partial charge in [-0.15, -0.1) is 0 Å². The molecule has 1 aromatic heterocycles. The fourth-order valence-corrected chi connectivity index (χ4v) is 3.41. The van der Waals surface area contributed by atoms with Crippen molar-refractivity contribution in [2.45, 2.75) is 12.5 Å². The summed E-state index contributed by atoms with van der Waals surface area (Å²) in [5, 5.41) is 10.2. The van der Waals surface area contributed by atoms with Crippen LogP contribution in [0.15, 0.2) is 48.5 Å². The lowest BCUT2D eigenvalue weighted by molar-refractivity contribution is -0.125. The minimum absolute atomic E-state index is 0.0267. The Morgan fingerprint density at radius 2 is 1.74 bits per heavy atom. The van der Waals surface area contributed by atoms with Crippen molar-refractivity contribution >= 4 is 23.3 Å². The molecule has 0 saturated heterocycles. The summed E-state index contributed by atoms with van der Waals surface area (Å²) in [6, 6.07) is 13.4. The maximum atomic E-state index is 13.1. The number of rotatable bonds is 6. The molecule has 0 saturated carbocycles. The lowest BCUT2D eigenvalue weighted by atomic mass is 10.1. The highest BCUT2D eigenvalue weighted by atomic mass is 16.5. The Kier molecular flexibility index (Phi) is 5.48. The van der Waals surface area contributed by atoms with E-state index in [0.29, 0.717) is 28.7 Å². The maximum absolute atomic E-state index is 13.1. The molecule has 0 radical (unpaired) electrons. The SMILES string of the molecule is COc1ccc(-c2cc3n(n2)[C@H](C(=O)Nc2ccc(OC)cc2OC)CC(=O)N3)cc1. The second-order valence-corrected chi connectivity index (χ2v) is 6.91. The summed E-state index contributed by atoms with van der Waals surface area (Å²) in [5.74, 6) is 1.62. The third-order valence-electron chi connectivity index (χ3n) is 5.03. The van der Waals surface area contributed by atoms with E-state index in [9.17, 15) is 9.59 Å². The number of methoxy groups -OCH3 is 3. The van der Waals surface area contributed by atoms with Crippen LogP contribution in [-0.4, -0.2) is 42.9 Å². The first-order chi connectivity index (χ1) is 15.0. The Hall–Kier alpha value is -4.01. The summed E-state index contributed by atoms with van der Waals surface area (Å²) < 4.78 is 17.2. The molecule has 0 spiro atoms. The van der Waals surface area contributed by atoms with Gasteiger partial charge in [-0.25, -0.2) is 4.68 Å². The van der Waals surface area contributed by atoms with E-state index in [1.54, 1.807) is 38.5 Å². The van der Waals surface area contributed by atoms with Gasteiger partial charge in [0.15, 0.2) is 0 Å². The number of nitrogens with one attached hydrogen (secondary N) is 2. The van der Waals surface area contributed by atoms with Gasteiger partial charge in [-0.05, 0) is 36.4 Å². The number of carbonyl (C=O) groups excluding carboxylic acids is 2. The molecule has 160 valence electrons. The normalized spacial score (nSPS) is 14.9. The second-order valence-electron chi connectivity index (χ2n) is 6.91. The summed E-state index contributed by atoms with van der Waals surface area (Å²) in [4.78, 5) is 25.3. The van der Waals surface area contributed by atoms with Gasteiger partial charge in [0, 0.05) is 17.7 Å². The molecule has 2 N–H and O–H groups in total. The highest BCUT2D eigenvalue weighted by Crippen LogP contribution is 2.33. The van der Waals surface area contributed by atoms with Crippen molar-refractivity contribution in [3.8, 4) is 28.5 Å². The molecular formula is C22H22N4O5. The Bertz CT molecular complexity index is 1120. The molecule has 31 heavy (non-hydrogen) atoms. The molecule has 3 aromatic rings. The Balaban J connectivity index is 1.62. The molecule has 0 bridgehead atoms. The van der Waals surface area contributed by atoms with Crippen LogP contribution >= 0.6 is 0 Å². The first-order valence-corrected chi connectivity index (χ1v) is 9.59. The zero-order valence-corrected chi connectivity index (χ0v) is 17.3. The average molecular weight is 422 g/mol. The van der Waals surface area contributed by atoms with E-state index in [0.717, 1.165) is 11.3 Å². The van der Waals surface area contributed by atoms with Gasteiger partial charge in [-0.1, -0.05) is 0 Å². The van der Waals surface area contributed by atoms with Gasteiger partial charge in [-0.2, -0.15) is 5.10 Å². The van der Waals surface area contributed by atoms with Crippen LogP contribution in [0, 0.1) is 0 Å². The zero-order chi connectivity index (χ0) is 22.0. The Morgan fingerprint density at radius 1 is 1.03 bits per heavy atom. The van der Waals surface area contributed by atoms with Crippen molar-refractivity contribution in [1.82, 2.24) is 9.78 Å². The van der Waals surface area contributed by atoms with Crippen LogP contribution in [0.5, 0.6) is 17.2 Å². The lowest BCUT2D eigenvalue weighted by Gasteiger charge is -2.24. The number of aromatic nitrogens is 2. The summed E-state index contributed by atoms with van der Waals surface area (Å²) >= 11 is 0. The van der Waals surface area contributed by atoms with Crippen LogP contribution in [0.4, 0.5) is 11.5 Å². The Morgan fingerprint density at radius 3 is 2.42 bits per heavy atom. The van der Waals surface area contributed by atoms with Crippen molar-refractivity contribution < 1.29 is 23.8 Å². The number of nitrogens with zero attached hydrogens (tertiary/aromatic N) is 2. The molecule has 4 rings (SSSR count). The molecular weight excluding hydrogens is 400 g/mol. The van der Waals surface area contributed by atoms with E-state index in [4.69, 9.17) is 14.2 Å².